The number of aromatic nitrogens is 2. The first-order chi connectivity index (χ1) is 14.7. The number of rotatable bonds is 8. The number of nitrogens with zero attached hydrogens (tertiary/aromatic N) is 2. The van der Waals surface area contributed by atoms with Crippen molar-refractivity contribution in [3.8, 4) is 11.8 Å². The van der Waals surface area contributed by atoms with E-state index in [0.717, 1.165) is 17.7 Å². The summed E-state index contributed by atoms with van der Waals surface area (Å²) in [5, 5.41) is 6.14. The molecule has 0 bridgehead atoms. The fraction of sp³-hybridized carbons (Fsp3) is 0.200. The largest absolute Gasteiger partial charge is 0.481 e. The minimum atomic E-state index is 0.231. The lowest BCUT2D eigenvalue weighted by molar-refractivity contribution is 0.292. The van der Waals surface area contributed by atoms with Crippen LogP contribution in [0.15, 0.2) is 79.1 Å². The quantitative estimate of drug-likeness (QED) is 0.448. The van der Waals surface area contributed by atoms with Crippen molar-refractivity contribution in [2.45, 2.75) is 26.1 Å². The standard InChI is InChI=1S/C25H25N3O2/c1-18(22-9-5-7-21-6-3-4-8-23(21)22)26-14-19-10-13-25(28-15-19)30-17-20-11-12-24(29-2)27-16-20/h3-13,15-16,18,26H,14,17H2,1-2H3/t18-/m1/s1. The molecule has 0 unspecified atom stereocenters. The van der Waals surface area contributed by atoms with Crippen molar-refractivity contribution in [2.75, 3.05) is 7.11 Å². The van der Waals surface area contributed by atoms with E-state index in [0.29, 0.717) is 18.4 Å². The zero-order valence-corrected chi connectivity index (χ0v) is 17.2. The number of hydrogen-bond acceptors (Lipinski definition) is 5. The Bertz CT molecular complexity index is 1090. The lowest BCUT2D eigenvalue weighted by Gasteiger charge is -2.17. The minimum absolute atomic E-state index is 0.231. The third kappa shape index (κ3) is 4.75. The normalized spacial score (nSPS) is 11.9. The molecule has 0 amide bonds. The maximum absolute atomic E-state index is 5.75. The first-order valence-electron chi connectivity index (χ1n) is 10.0. The minimum Gasteiger partial charge on any atom is -0.481 e. The fourth-order valence-corrected chi connectivity index (χ4v) is 3.38. The number of pyridine rings is 2. The van der Waals surface area contributed by atoms with Gasteiger partial charge in [-0.1, -0.05) is 48.5 Å². The van der Waals surface area contributed by atoms with Crippen LogP contribution in [0.25, 0.3) is 10.8 Å². The van der Waals surface area contributed by atoms with E-state index in [4.69, 9.17) is 9.47 Å². The molecule has 1 N–H and O–H groups in total. The summed E-state index contributed by atoms with van der Waals surface area (Å²) >= 11 is 0. The van der Waals surface area contributed by atoms with E-state index in [9.17, 15) is 0 Å². The van der Waals surface area contributed by atoms with Gasteiger partial charge in [-0.15, -0.1) is 0 Å². The number of fused-ring (bicyclic) bond motifs is 1. The smallest absolute Gasteiger partial charge is 0.213 e. The van der Waals surface area contributed by atoms with Gasteiger partial charge in [-0.3, -0.25) is 0 Å². The molecule has 0 aliphatic carbocycles. The Morgan fingerprint density at radius 2 is 1.57 bits per heavy atom. The molecule has 0 radical (unpaired) electrons. The van der Waals surface area contributed by atoms with E-state index < -0.39 is 0 Å². The molecule has 0 saturated heterocycles. The third-order valence-electron chi connectivity index (χ3n) is 5.09. The average molecular weight is 399 g/mol. The predicted molar refractivity (Wildman–Crippen MR) is 119 cm³/mol. The monoisotopic (exact) mass is 399 g/mol. The maximum atomic E-state index is 5.75. The van der Waals surface area contributed by atoms with Crippen LogP contribution in [0.2, 0.25) is 0 Å². The topological polar surface area (TPSA) is 56.3 Å². The molecular formula is C25H25N3O2. The molecule has 0 fully saturated rings. The van der Waals surface area contributed by atoms with Crippen molar-refractivity contribution in [1.82, 2.24) is 15.3 Å². The first-order valence-corrected chi connectivity index (χ1v) is 10.0. The fourth-order valence-electron chi connectivity index (χ4n) is 3.38. The summed E-state index contributed by atoms with van der Waals surface area (Å²) < 4.78 is 10.8. The van der Waals surface area contributed by atoms with Gasteiger partial charge in [0.25, 0.3) is 0 Å². The Morgan fingerprint density at radius 3 is 2.33 bits per heavy atom. The van der Waals surface area contributed by atoms with Crippen molar-refractivity contribution in [2.24, 2.45) is 0 Å². The van der Waals surface area contributed by atoms with Crippen LogP contribution in [-0.4, -0.2) is 17.1 Å². The number of hydrogen-bond donors (Lipinski definition) is 1. The highest BCUT2D eigenvalue weighted by Gasteiger charge is 2.09. The van der Waals surface area contributed by atoms with E-state index in [1.54, 1.807) is 13.3 Å². The SMILES string of the molecule is COc1ccc(COc2ccc(CN[C@H](C)c3cccc4ccccc34)cn2)cn1. The van der Waals surface area contributed by atoms with Gasteiger partial charge in [0.1, 0.15) is 6.61 Å². The average Bonchev–Trinajstić information content (AvgIpc) is 2.82. The van der Waals surface area contributed by atoms with Crippen LogP contribution >= 0.6 is 0 Å². The lowest BCUT2D eigenvalue weighted by Crippen LogP contribution is -2.18. The number of methoxy groups -OCH3 is 1. The van der Waals surface area contributed by atoms with Crippen LogP contribution in [0.5, 0.6) is 11.8 Å². The van der Waals surface area contributed by atoms with E-state index in [2.05, 4.69) is 64.7 Å². The van der Waals surface area contributed by atoms with Gasteiger partial charge in [0, 0.05) is 42.7 Å². The molecule has 30 heavy (non-hydrogen) atoms. The van der Waals surface area contributed by atoms with Crippen molar-refractivity contribution < 1.29 is 9.47 Å². The Morgan fingerprint density at radius 1 is 0.833 bits per heavy atom. The molecule has 0 saturated carbocycles. The van der Waals surface area contributed by atoms with Crippen molar-refractivity contribution in [3.63, 3.8) is 0 Å². The maximum Gasteiger partial charge on any atom is 0.213 e. The number of benzene rings is 2. The Kier molecular flexibility index (Phi) is 6.20. The van der Waals surface area contributed by atoms with E-state index in [-0.39, 0.29) is 6.04 Å². The second-order valence-corrected chi connectivity index (χ2v) is 7.17. The highest BCUT2D eigenvalue weighted by molar-refractivity contribution is 5.86. The van der Waals surface area contributed by atoms with Gasteiger partial charge < -0.3 is 14.8 Å². The Hall–Kier alpha value is -3.44. The number of nitrogens with one attached hydrogen (secondary N) is 1. The molecule has 4 aromatic rings. The van der Waals surface area contributed by atoms with Gasteiger partial charge in [-0.2, -0.15) is 0 Å². The van der Waals surface area contributed by atoms with E-state index >= 15 is 0 Å². The van der Waals surface area contributed by atoms with Crippen LogP contribution < -0.4 is 14.8 Å². The highest BCUT2D eigenvalue weighted by Crippen LogP contribution is 2.24. The number of ether oxygens (including phenoxy) is 2. The second-order valence-electron chi connectivity index (χ2n) is 7.17. The summed E-state index contributed by atoms with van der Waals surface area (Å²) in [6, 6.07) is 22.8. The van der Waals surface area contributed by atoms with Crippen LogP contribution in [-0.2, 0) is 13.2 Å². The molecule has 0 spiro atoms. The first kappa shape index (κ1) is 19.9. The Labute approximate surface area is 176 Å². The summed E-state index contributed by atoms with van der Waals surface area (Å²) in [4.78, 5) is 8.60. The summed E-state index contributed by atoms with van der Waals surface area (Å²) in [5.41, 5.74) is 3.38. The van der Waals surface area contributed by atoms with Crippen LogP contribution in [0.4, 0.5) is 0 Å². The molecular weight excluding hydrogens is 374 g/mol. The van der Waals surface area contributed by atoms with Crippen molar-refractivity contribution >= 4 is 10.8 Å². The van der Waals surface area contributed by atoms with Gasteiger partial charge in [-0.25, -0.2) is 9.97 Å². The van der Waals surface area contributed by atoms with Crippen molar-refractivity contribution in [3.05, 3.63) is 95.8 Å². The van der Waals surface area contributed by atoms with Gasteiger partial charge in [0.2, 0.25) is 11.8 Å². The zero-order valence-electron chi connectivity index (χ0n) is 17.2. The molecule has 0 aliphatic heterocycles. The summed E-state index contributed by atoms with van der Waals surface area (Å²) in [5.74, 6) is 1.18. The molecule has 5 heteroatoms. The molecule has 1 atom stereocenters. The van der Waals surface area contributed by atoms with E-state index in [1.165, 1.54) is 16.3 Å². The summed E-state index contributed by atoms with van der Waals surface area (Å²) in [6.07, 6.45) is 3.59. The van der Waals surface area contributed by atoms with Crippen LogP contribution in [0.1, 0.15) is 29.7 Å². The molecule has 5 nitrogen and oxygen atoms in total. The lowest BCUT2D eigenvalue weighted by atomic mass is 9.99. The zero-order chi connectivity index (χ0) is 20.8. The second kappa shape index (κ2) is 9.37. The van der Waals surface area contributed by atoms with Crippen LogP contribution in [0, 0.1) is 0 Å². The molecule has 152 valence electrons. The summed E-state index contributed by atoms with van der Waals surface area (Å²) in [7, 11) is 1.60. The molecule has 2 heterocycles. The Balaban J connectivity index is 1.33. The molecule has 0 aliphatic rings. The summed E-state index contributed by atoms with van der Waals surface area (Å²) in [6.45, 7) is 3.34. The van der Waals surface area contributed by atoms with Gasteiger partial charge in [0.15, 0.2) is 0 Å². The molecule has 2 aromatic heterocycles. The van der Waals surface area contributed by atoms with Gasteiger partial charge in [-0.05, 0) is 34.9 Å². The van der Waals surface area contributed by atoms with Crippen LogP contribution in [0.3, 0.4) is 0 Å². The van der Waals surface area contributed by atoms with Gasteiger partial charge >= 0.3 is 0 Å². The van der Waals surface area contributed by atoms with Gasteiger partial charge in [0.05, 0.1) is 7.11 Å². The van der Waals surface area contributed by atoms with E-state index in [1.807, 2.05) is 30.5 Å². The molecule has 2 aromatic carbocycles. The third-order valence-corrected chi connectivity index (χ3v) is 5.09. The highest BCUT2D eigenvalue weighted by atomic mass is 16.5. The van der Waals surface area contributed by atoms with Crippen molar-refractivity contribution in [1.29, 1.82) is 0 Å². The molecule has 4 rings (SSSR count). The predicted octanol–water partition coefficient (Wildman–Crippen LogP) is 5.07.